The Kier molecular flexibility index (Phi) is 7.46. The molecular formula is C27H47NO6S. The Morgan fingerprint density at radius 1 is 1.03 bits per heavy atom. The van der Waals surface area contributed by atoms with Crippen molar-refractivity contribution in [2.24, 2.45) is 45.8 Å². The number of amides is 1. The van der Waals surface area contributed by atoms with Gasteiger partial charge in [0.2, 0.25) is 5.91 Å². The summed E-state index contributed by atoms with van der Waals surface area (Å²) in [6, 6.07) is 0. The van der Waals surface area contributed by atoms with E-state index in [-0.39, 0.29) is 40.9 Å². The van der Waals surface area contributed by atoms with Crippen LogP contribution in [0.1, 0.15) is 91.9 Å². The van der Waals surface area contributed by atoms with Gasteiger partial charge in [0.15, 0.2) is 0 Å². The van der Waals surface area contributed by atoms with Crippen molar-refractivity contribution < 1.29 is 28.0 Å². The Hall–Kier alpha value is -0.700. The summed E-state index contributed by atoms with van der Waals surface area (Å²) in [4.78, 5) is 12.2. The van der Waals surface area contributed by atoms with E-state index in [2.05, 4.69) is 33.0 Å². The summed E-state index contributed by atoms with van der Waals surface area (Å²) in [5.41, 5.74) is 0.329. The molecule has 0 spiro atoms. The van der Waals surface area contributed by atoms with Crippen LogP contribution in [-0.4, -0.2) is 53.6 Å². The summed E-state index contributed by atoms with van der Waals surface area (Å²) >= 11 is 0. The highest BCUT2D eigenvalue weighted by Gasteiger charge is 2.65. The largest absolute Gasteiger partial charge is 0.393 e. The maximum absolute atomic E-state index is 12.2. The van der Waals surface area contributed by atoms with Gasteiger partial charge in [0, 0.05) is 13.0 Å². The molecule has 8 heteroatoms. The highest BCUT2D eigenvalue weighted by atomic mass is 32.2. The van der Waals surface area contributed by atoms with Gasteiger partial charge in [-0.3, -0.25) is 9.35 Å². The van der Waals surface area contributed by atoms with Gasteiger partial charge in [0.1, 0.15) is 0 Å². The summed E-state index contributed by atoms with van der Waals surface area (Å²) in [6.07, 6.45) is 8.65. The van der Waals surface area contributed by atoms with Gasteiger partial charge in [-0.2, -0.15) is 8.42 Å². The lowest BCUT2D eigenvalue weighted by molar-refractivity contribution is -0.210. The van der Waals surface area contributed by atoms with Gasteiger partial charge >= 0.3 is 0 Å². The van der Waals surface area contributed by atoms with E-state index in [4.69, 9.17) is 4.55 Å². The Morgan fingerprint density at radius 3 is 2.43 bits per heavy atom. The fourth-order valence-electron chi connectivity index (χ4n) is 9.59. The van der Waals surface area contributed by atoms with Crippen LogP contribution in [-0.2, 0) is 14.9 Å². The van der Waals surface area contributed by atoms with Gasteiger partial charge < -0.3 is 15.5 Å². The number of rotatable bonds is 7. The molecule has 4 rings (SSSR count). The molecule has 0 aromatic rings. The second-order valence-electron chi connectivity index (χ2n) is 13.3. The van der Waals surface area contributed by atoms with E-state index in [1.807, 2.05) is 0 Å². The van der Waals surface area contributed by atoms with E-state index in [0.29, 0.717) is 36.0 Å². The molecule has 4 unspecified atom stereocenters. The highest BCUT2D eigenvalue weighted by Crippen LogP contribution is 2.71. The summed E-state index contributed by atoms with van der Waals surface area (Å²) in [5, 5.41) is 24.5. The van der Waals surface area contributed by atoms with Crippen LogP contribution in [0.25, 0.3) is 0 Å². The molecule has 0 aromatic heterocycles. The molecule has 0 heterocycles. The monoisotopic (exact) mass is 513 g/mol. The molecule has 0 saturated heterocycles. The smallest absolute Gasteiger partial charge is 0.266 e. The van der Waals surface area contributed by atoms with E-state index >= 15 is 0 Å². The molecule has 10 atom stereocenters. The van der Waals surface area contributed by atoms with Crippen LogP contribution in [0, 0.1) is 45.8 Å². The van der Waals surface area contributed by atoms with E-state index < -0.39 is 15.9 Å². The number of fused-ring (bicyclic) bond motifs is 5. The highest BCUT2D eigenvalue weighted by molar-refractivity contribution is 7.85. The van der Waals surface area contributed by atoms with Crippen molar-refractivity contribution in [3.63, 3.8) is 0 Å². The maximum atomic E-state index is 12.2. The van der Waals surface area contributed by atoms with E-state index in [1.54, 1.807) is 0 Å². The summed E-state index contributed by atoms with van der Waals surface area (Å²) < 4.78 is 30.5. The molecule has 35 heavy (non-hydrogen) atoms. The van der Waals surface area contributed by atoms with Gasteiger partial charge in [-0.15, -0.1) is 0 Å². The first-order chi connectivity index (χ1) is 16.2. The fraction of sp³-hybridized carbons (Fsp3) is 0.963. The minimum Gasteiger partial charge on any atom is -0.393 e. The average molecular weight is 514 g/mol. The average Bonchev–Trinajstić information content (AvgIpc) is 3.09. The van der Waals surface area contributed by atoms with Crippen molar-refractivity contribution in [2.75, 3.05) is 12.3 Å². The second-order valence-corrected chi connectivity index (χ2v) is 14.9. The van der Waals surface area contributed by atoms with Gasteiger partial charge in [0.05, 0.1) is 18.0 Å². The van der Waals surface area contributed by atoms with Crippen LogP contribution in [0.3, 0.4) is 0 Å². The number of carbonyl (C=O) groups excluding carboxylic acids is 1. The van der Waals surface area contributed by atoms with Crippen LogP contribution < -0.4 is 5.32 Å². The van der Waals surface area contributed by atoms with E-state index in [1.165, 1.54) is 0 Å². The molecule has 202 valence electrons. The minimum absolute atomic E-state index is 0.00694. The Labute approximate surface area is 211 Å². The molecular weight excluding hydrogens is 466 g/mol. The SMILES string of the molecule is C[C@H](CCC(=O)NCCS(=O)(=O)O)C1CCC2C3C(CC[C@@]21C)[C@@]1(C)CC[C@@H](O)C[C@@]1(C)C[C@@H]3O. The zero-order valence-corrected chi connectivity index (χ0v) is 22.8. The topological polar surface area (TPSA) is 124 Å². The first-order valence-electron chi connectivity index (χ1n) is 13.8. The number of nitrogens with one attached hydrogen (secondary N) is 1. The van der Waals surface area contributed by atoms with Crippen molar-refractivity contribution in [2.45, 2.75) is 104 Å². The van der Waals surface area contributed by atoms with Crippen molar-refractivity contribution in [1.82, 2.24) is 5.32 Å². The number of aliphatic hydroxyl groups excluding tert-OH is 2. The third-order valence-electron chi connectivity index (χ3n) is 11.6. The summed E-state index contributed by atoms with van der Waals surface area (Å²) in [6.45, 7) is 9.37. The molecule has 4 aliphatic carbocycles. The second kappa shape index (κ2) is 9.55. The first kappa shape index (κ1) is 27.3. The molecule has 4 aliphatic rings. The van der Waals surface area contributed by atoms with Gasteiger partial charge in [-0.1, -0.05) is 27.7 Å². The normalized spacial score (nSPS) is 46.3. The van der Waals surface area contributed by atoms with E-state index in [9.17, 15) is 23.4 Å². The van der Waals surface area contributed by atoms with Crippen molar-refractivity contribution in [3.05, 3.63) is 0 Å². The quantitative estimate of drug-likeness (QED) is 0.384. The number of hydrogen-bond acceptors (Lipinski definition) is 5. The Bertz CT molecular complexity index is 909. The van der Waals surface area contributed by atoms with Crippen molar-refractivity contribution in [3.8, 4) is 0 Å². The van der Waals surface area contributed by atoms with Gasteiger partial charge in [0.25, 0.3) is 10.1 Å². The molecule has 4 N–H and O–H groups in total. The standard InChI is InChI=1S/C27H47NO6S/c1-17(5-8-23(31)28-13-14-35(32,33)34)19-6-7-20-24-21(10-11-26(19,20)3)27(4)12-9-18(29)15-25(27,2)16-22(24)30/h17-22,24,29-30H,5-16H2,1-4H3,(H,28,31)(H,32,33,34)/t17-,18-,19?,20?,21?,22+,24?,25+,26-,27-/m1/s1. The Morgan fingerprint density at radius 2 is 1.74 bits per heavy atom. The fourth-order valence-corrected chi connectivity index (χ4v) is 9.95. The van der Waals surface area contributed by atoms with Gasteiger partial charge in [-0.05, 0) is 104 Å². The number of hydrogen-bond donors (Lipinski definition) is 4. The Balaban J connectivity index is 1.41. The first-order valence-corrected chi connectivity index (χ1v) is 15.4. The van der Waals surface area contributed by atoms with Gasteiger partial charge in [-0.25, -0.2) is 0 Å². The molecule has 4 fully saturated rings. The lowest BCUT2D eigenvalue weighted by atomic mass is 9.39. The number of aliphatic hydroxyl groups is 2. The van der Waals surface area contributed by atoms with Crippen molar-refractivity contribution in [1.29, 1.82) is 0 Å². The van der Waals surface area contributed by atoms with Crippen molar-refractivity contribution >= 4 is 16.0 Å². The molecule has 0 bridgehead atoms. The zero-order valence-electron chi connectivity index (χ0n) is 22.0. The molecule has 1 amide bonds. The zero-order chi connectivity index (χ0) is 25.8. The molecule has 0 radical (unpaired) electrons. The lowest BCUT2D eigenvalue weighted by Gasteiger charge is -2.66. The van der Waals surface area contributed by atoms with Crippen LogP contribution in [0.5, 0.6) is 0 Å². The minimum atomic E-state index is -4.07. The molecule has 4 saturated carbocycles. The molecule has 0 aromatic carbocycles. The summed E-state index contributed by atoms with van der Waals surface area (Å²) in [5.74, 6) is 1.59. The van der Waals surface area contributed by atoms with Crippen LogP contribution >= 0.6 is 0 Å². The predicted octanol–water partition coefficient (Wildman–Crippen LogP) is 3.79. The van der Waals surface area contributed by atoms with Crippen LogP contribution in [0.2, 0.25) is 0 Å². The third kappa shape index (κ3) is 4.94. The summed E-state index contributed by atoms with van der Waals surface area (Å²) in [7, 11) is -4.07. The van der Waals surface area contributed by atoms with E-state index in [0.717, 1.165) is 57.8 Å². The third-order valence-corrected chi connectivity index (χ3v) is 12.3. The molecule has 7 nitrogen and oxygen atoms in total. The maximum Gasteiger partial charge on any atom is 0.266 e. The number of carbonyl (C=O) groups is 1. The van der Waals surface area contributed by atoms with Crippen LogP contribution in [0.15, 0.2) is 0 Å². The molecule has 0 aliphatic heterocycles. The lowest BCUT2D eigenvalue weighted by Crippen LogP contribution is -2.62. The van der Waals surface area contributed by atoms with Crippen LogP contribution in [0.4, 0.5) is 0 Å². The predicted molar refractivity (Wildman–Crippen MR) is 135 cm³/mol.